The summed E-state index contributed by atoms with van der Waals surface area (Å²) in [4.78, 5) is 6.86. The van der Waals surface area contributed by atoms with E-state index in [-0.39, 0.29) is 12.1 Å². The molecule has 1 aliphatic heterocycles. The first-order chi connectivity index (χ1) is 17.5. The Labute approximate surface area is 217 Å². The fourth-order valence-corrected chi connectivity index (χ4v) is 5.64. The van der Waals surface area contributed by atoms with Gasteiger partial charge in [-0.2, -0.15) is 0 Å². The quantitative estimate of drug-likeness (QED) is 0.330. The van der Waals surface area contributed by atoms with E-state index in [1.54, 1.807) is 14.2 Å². The van der Waals surface area contributed by atoms with Gasteiger partial charge in [-0.05, 0) is 75.0 Å². The van der Waals surface area contributed by atoms with Crippen molar-refractivity contribution in [3.05, 3.63) is 101 Å². The smallest absolute Gasteiger partial charge is 0.174 e. The summed E-state index contributed by atoms with van der Waals surface area (Å²) in [5.41, 5.74) is 7.71. The number of rotatable bonds is 6. The van der Waals surface area contributed by atoms with E-state index in [1.807, 2.05) is 48.7 Å². The Bertz CT molecular complexity index is 1400. The van der Waals surface area contributed by atoms with Crippen molar-refractivity contribution in [1.29, 1.82) is 0 Å². The maximum absolute atomic E-state index is 5.97. The number of pyridine rings is 1. The van der Waals surface area contributed by atoms with Crippen LogP contribution in [0.25, 0.3) is 5.69 Å². The second-order valence-corrected chi connectivity index (χ2v) is 9.30. The maximum atomic E-state index is 5.97. The summed E-state index contributed by atoms with van der Waals surface area (Å²) in [5, 5.41) is 4.19. The lowest BCUT2D eigenvalue weighted by molar-refractivity contribution is 0.403. The van der Waals surface area contributed by atoms with Crippen LogP contribution in [0.15, 0.2) is 72.9 Å². The second-order valence-electron chi connectivity index (χ2n) is 8.91. The second kappa shape index (κ2) is 9.66. The zero-order chi connectivity index (χ0) is 25.4. The number of ether oxygens (including phenoxy) is 2. The zero-order valence-electron chi connectivity index (χ0n) is 21.1. The first kappa shape index (κ1) is 23.9. The van der Waals surface area contributed by atoms with Gasteiger partial charge in [0.1, 0.15) is 11.5 Å². The summed E-state index contributed by atoms with van der Waals surface area (Å²) in [5.74, 6) is 1.46. The molecule has 0 spiro atoms. The number of para-hydroxylation sites is 1. The predicted molar refractivity (Wildman–Crippen MR) is 147 cm³/mol. The normalized spacial score (nSPS) is 17.2. The lowest BCUT2D eigenvalue weighted by Gasteiger charge is -2.30. The Balaban J connectivity index is 1.76. The van der Waals surface area contributed by atoms with Crippen LogP contribution in [-0.4, -0.2) is 28.9 Å². The van der Waals surface area contributed by atoms with E-state index in [1.165, 1.54) is 22.5 Å². The van der Waals surface area contributed by atoms with E-state index in [0.29, 0.717) is 5.11 Å². The molecule has 1 saturated heterocycles. The van der Waals surface area contributed by atoms with Crippen molar-refractivity contribution >= 4 is 23.0 Å². The fourth-order valence-electron chi connectivity index (χ4n) is 5.30. The van der Waals surface area contributed by atoms with E-state index in [2.05, 4.69) is 59.8 Å². The summed E-state index contributed by atoms with van der Waals surface area (Å²) < 4.78 is 13.7. The predicted octanol–water partition coefficient (Wildman–Crippen LogP) is 5.99. The molecule has 1 fully saturated rings. The highest BCUT2D eigenvalue weighted by atomic mass is 32.1. The lowest BCUT2D eigenvalue weighted by atomic mass is 9.93. The van der Waals surface area contributed by atoms with Gasteiger partial charge in [0.05, 0.1) is 37.7 Å². The standard InChI is InChI=1S/C29H30N4O2S/c1-18-19(2)32(21-11-7-6-8-12-21)20(3)26(18)28-27(23-13-9-10-16-30-23)31-29(36)33(28)24-17-22(34-4)14-15-25(24)35-5/h6-17,27-28H,1-5H3,(H,31,36)/t27-,28-/m1/s1. The number of hydrogen-bond acceptors (Lipinski definition) is 4. The van der Waals surface area contributed by atoms with Crippen molar-refractivity contribution < 1.29 is 9.47 Å². The Morgan fingerprint density at radius 3 is 2.31 bits per heavy atom. The number of benzene rings is 2. The third kappa shape index (κ3) is 3.89. The minimum atomic E-state index is -0.155. The monoisotopic (exact) mass is 498 g/mol. The number of nitrogens with zero attached hydrogens (tertiary/aromatic N) is 3. The van der Waals surface area contributed by atoms with Crippen LogP contribution in [0.4, 0.5) is 5.69 Å². The summed E-state index contributed by atoms with van der Waals surface area (Å²) in [7, 11) is 3.34. The molecule has 0 radical (unpaired) electrons. The van der Waals surface area contributed by atoms with E-state index in [9.17, 15) is 0 Å². The molecule has 1 N–H and O–H groups in total. The van der Waals surface area contributed by atoms with Gasteiger partial charge in [0, 0.05) is 34.9 Å². The van der Waals surface area contributed by atoms with Gasteiger partial charge in [-0.15, -0.1) is 0 Å². The van der Waals surface area contributed by atoms with Gasteiger partial charge < -0.3 is 24.3 Å². The van der Waals surface area contributed by atoms with Crippen LogP contribution in [0.5, 0.6) is 11.5 Å². The molecular formula is C29H30N4O2S. The first-order valence-electron chi connectivity index (χ1n) is 11.9. The molecule has 36 heavy (non-hydrogen) atoms. The maximum Gasteiger partial charge on any atom is 0.174 e. The highest BCUT2D eigenvalue weighted by Crippen LogP contribution is 2.48. The van der Waals surface area contributed by atoms with Crippen molar-refractivity contribution in [1.82, 2.24) is 14.9 Å². The van der Waals surface area contributed by atoms with Crippen LogP contribution >= 0.6 is 12.2 Å². The van der Waals surface area contributed by atoms with E-state index in [4.69, 9.17) is 26.7 Å². The average Bonchev–Trinajstić information content (AvgIpc) is 3.36. The van der Waals surface area contributed by atoms with Crippen LogP contribution in [-0.2, 0) is 0 Å². The van der Waals surface area contributed by atoms with Crippen LogP contribution in [0.3, 0.4) is 0 Å². The van der Waals surface area contributed by atoms with Gasteiger partial charge >= 0.3 is 0 Å². The molecule has 3 heterocycles. The van der Waals surface area contributed by atoms with Crippen molar-refractivity contribution in [2.75, 3.05) is 19.1 Å². The molecule has 0 saturated carbocycles. The molecule has 2 aromatic heterocycles. The number of anilines is 1. The fraction of sp³-hybridized carbons (Fsp3) is 0.241. The number of methoxy groups -OCH3 is 2. The molecule has 5 rings (SSSR count). The van der Waals surface area contributed by atoms with E-state index >= 15 is 0 Å². The molecule has 7 heteroatoms. The first-order valence-corrected chi connectivity index (χ1v) is 12.3. The van der Waals surface area contributed by atoms with E-state index < -0.39 is 0 Å². The molecule has 0 unspecified atom stereocenters. The number of nitrogens with one attached hydrogen (secondary N) is 1. The number of aromatic nitrogens is 2. The van der Waals surface area contributed by atoms with Crippen molar-refractivity contribution in [2.45, 2.75) is 32.9 Å². The molecule has 4 aromatic rings. The third-order valence-corrected chi connectivity index (χ3v) is 7.38. The Hall–Kier alpha value is -3.84. The average molecular weight is 499 g/mol. The van der Waals surface area contributed by atoms with Crippen LogP contribution in [0, 0.1) is 20.8 Å². The summed E-state index contributed by atoms with van der Waals surface area (Å²) >= 11 is 5.97. The minimum absolute atomic E-state index is 0.155. The Kier molecular flexibility index (Phi) is 6.41. The SMILES string of the molecule is COc1ccc(OC)c(N2C(=S)N[C@H](c3ccccn3)[C@H]2c2c(C)c(C)n(-c3ccccc3)c2C)c1. The lowest BCUT2D eigenvalue weighted by Crippen LogP contribution is -2.30. The van der Waals surface area contributed by atoms with Crippen LogP contribution in [0.2, 0.25) is 0 Å². The molecule has 0 bridgehead atoms. The van der Waals surface area contributed by atoms with Gasteiger partial charge in [-0.3, -0.25) is 4.98 Å². The minimum Gasteiger partial charge on any atom is -0.497 e. The van der Waals surface area contributed by atoms with Crippen LogP contribution < -0.4 is 19.7 Å². The number of thiocarbonyl (C=S) groups is 1. The van der Waals surface area contributed by atoms with Gasteiger partial charge in [0.25, 0.3) is 0 Å². The topological polar surface area (TPSA) is 51.6 Å². The van der Waals surface area contributed by atoms with Crippen molar-refractivity contribution in [3.63, 3.8) is 0 Å². The molecule has 2 aromatic carbocycles. The summed E-state index contributed by atoms with van der Waals surface area (Å²) in [6, 6.07) is 21.9. The van der Waals surface area contributed by atoms with Gasteiger partial charge in [-0.25, -0.2) is 0 Å². The highest BCUT2D eigenvalue weighted by Gasteiger charge is 2.44. The Morgan fingerprint density at radius 2 is 1.64 bits per heavy atom. The zero-order valence-corrected chi connectivity index (χ0v) is 22.0. The molecular weight excluding hydrogens is 468 g/mol. The van der Waals surface area contributed by atoms with Crippen LogP contribution in [0.1, 0.15) is 40.3 Å². The van der Waals surface area contributed by atoms with E-state index in [0.717, 1.165) is 28.6 Å². The summed E-state index contributed by atoms with van der Waals surface area (Å²) in [6.45, 7) is 6.54. The summed E-state index contributed by atoms with van der Waals surface area (Å²) in [6.07, 6.45) is 1.83. The molecule has 184 valence electrons. The van der Waals surface area contributed by atoms with Crippen molar-refractivity contribution in [3.8, 4) is 17.2 Å². The molecule has 2 atom stereocenters. The Morgan fingerprint density at radius 1 is 0.889 bits per heavy atom. The van der Waals surface area contributed by atoms with Crippen molar-refractivity contribution in [2.24, 2.45) is 0 Å². The highest BCUT2D eigenvalue weighted by molar-refractivity contribution is 7.80. The van der Waals surface area contributed by atoms with Gasteiger partial charge in [0.15, 0.2) is 5.11 Å². The molecule has 0 amide bonds. The van der Waals surface area contributed by atoms with Gasteiger partial charge in [0.2, 0.25) is 0 Å². The third-order valence-electron chi connectivity index (χ3n) is 7.06. The largest absolute Gasteiger partial charge is 0.497 e. The molecule has 6 nitrogen and oxygen atoms in total. The number of hydrogen-bond donors (Lipinski definition) is 1. The molecule has 1 aliphatic rings. The molecule has 0 aliphatic carbocycles. The van der Waals surface area contributed by atoms with Gasteiger partial charge in [-0.1, -0.05) is 24.3 Å².